The van der Waals surface area contributed by atoms with E-state index in [4.69, 9.17) is 14.2 Å². The molecule has 0 spiro atoms. The second-order valence-corrected chi connectivity index (χ2v) is 9.01. The fourth-order valence-electron chi connectivity index (χ4n) is 4.69. The van der Waals surface area contributed by atoms with Crippen molar-refractivity contribution >= 4 is 5.97 Å². The van der Waals surface area contributed by atoms with E-state index in [-0.39, 0.29) is 23.8 Å². The van der Waals surface area contributed by atoms with E-state index in [0.717, 1.165) is 69.3 Å². The van der Waals surface area contributed by atoms with E-state index >= 15 is 0 Å². The predicted molar refractivity (Wildman–Crippen MR) is 132 cm³/mol. The Morgan fingerprint density at radius 1 is 1.06 bits per heavy atom. The van der Waals surface area contributed by atoms with Gasteiger partial charge in [0.05, 0.1) is 14.2 Å². The van der Waals surface area contributed by atoms with Gasteiger partial charge in [0.15, 0.2) is 11.5 Å². The number of carbonyl (C=O) groups is 1. The first-order chi connectivity index (χ1) is 16.5. The quantitative estimate of drug-likeness (QED) is 0.282. The topological polar surface area (TPSA) is 48.0 Å². The van der Waals surface area contributed by atoms with Crippen molar-refractivity contribution in [3.8, 4) is 11.5 Å². The van der Waals surface area contributed by atoms with Gasteiger partial charge in [0.1, 0.15) is 11.9 Å². The van der Waals surface area contributed by atoms with Crippen molar-refractivity contribution in [2.24, 2.45) is 5.92 Å². The van der Waals surface area contributed by atoms with Gasteiger partial charge in [-0.15, -0.1) is 0 Å². The third-order valence-electron chi connectivity index (χ3n) is 6.67. The van der Waals surface area contributed by atoms with Crippen LogP contribution in [0.15, 0.2) is 42.5 Å². The predicted octanol–water partition coefficient (Wildman–Crippen LogP) is 5.96. The van der Waals surface area contributed by atoms with E-state index in [9.17, 15) is 9.18 Å². The van der Waals surface area contributed by atoms with Crippen LogP contribution in [0.25, 0.3) is 0 Å². The van der Waals surface area contributed by atoms with Gasteiger partial charge in [0, 0.05) is 24.4 Å². The standard InChI is InChI=1S/C28H38FNO4/c1-4-5-6-10-26(31)34-27(24-8-7-9-25(32-2)28(24)33-3)22-16-19-30(20-17-22)18-15-21-11-13-23(29)14-12-21/h7-9,11-14,22,27H,4-6,10,15-20H2,1-3H3. The van der Waals surface area contributed by atoms with E-state index in [1.165, 1.54) is 12.1 Å². The highest BCUT2D eigenvalue weighted by atomic mass is 19.1. The molecule has 0 saturated carbocycles. The second kappa shape index (κ2) is 13.3. The highest BCUT2D eigenvalue weighted by molar-refractivity contribution is 5.70. The molecule has 1 aliphatic heterocycles. The molecule has 1 aliphatic rings. The molecule has 1 atom stereocenters. The maximum Gasteiger partial charge on any atom is 0.306 e. The smallest absolute Gasteiger partial charge is 0.306 e. The number of methoxy groups -OCH3 is 2. The molecule has 0 amide bonds. The van der Waals surface area contributed by atoms with Crippen molar-refractivity contribution in [3.63, 3.8) is 0 Å². The van der Waals surface area contributed by atoms with Crippen molar-refractivity contribution in [2.45, 2.75) is 58.0 Å². The summed E-state index contributed by atoms with van der Waals surface area (Å²) in [5.74, 6) is 1.13. The third-order valence-corrected chi connectivity index (χ3v) is 6.67. The monoisotopic (exact) mass is 471 g/mol. The van der Waals surface area contributed by atoms with Gasteiger partial charge in [-0.25, -0.2) is 4.39 Å². The van der Waals surface area contributed by atoms with E-state index in [0.29, 0.717) is 17.9 Å². The number of benzene rings is 2. The van der Waals surface area contributed by atoms with E-state index in [2.05, 4.69) is 11.8 Å². The Bertz CT molecular complexity index is 894. The number of nitrogens with zero attached hydrogens (tertiary/aromatic N) is 1. The lowest BCUT2D eigenvalue weighted by atomic mass is 9.86. The molecule has 0 N–H and O–H groups in total. The van der Waals surface area contributed by atoms with Gasteiger partial charge >= 0.3 is 5.97 Å². The number of halogens is 1. The Balaban J connectivity index is 1.68. The number of esters is 1. The fourth-order valence-corrected chi connectivity index (χ4v) is 4.69. The summed E-state index contributed by atoms with van der Waals surface area (Å²) >= 11 is 0. The number of piperidine rings is 1. The Morgan fingerprint density at radius 3 is 2.44 bits per heavy atom. The molecule has 5 nitrogen and oxygen atoms in total. The highest BCUT2D eigenvalue weighted by Gasteiger charge is 2.33. The number of likely N-dealkylation sites (tertiary alicyclic amines) is 1. The van der Waals surface area contributed by atoms with Crippen molar-refractivity contribution in [2.75, 3.05) is 33.9 Å². The molecule has 1 fully saturated rings. The maximum absolute atomic E-state index is 13.2. The largest absolute Gasteiger partial charge is 0.493 e. The molecule has 2 aromatic rings. The molecule has 2 aromatic carbocycles. The molecule has 0 aromatic heterocycles. The van der Waals surface area contributed by atoms with Crippen LogP contribution in [-0.4, -0.2) is 44.7 Å². The number of para-hydroxylation sites is 1. The van der Waals surface area contributed by atoms with Crippen molar-refractivity contribution in [3.05, 3.63) is 59.4 Å². The third kappa shape index (κ3) is 7.20. The molecule has 0 radical (unpaired) electrons. The van der Waals surface area contributed by atoms with Crippen LogP contribution in [0.1, 0.15) is 62.7 Å². The van der Waals surface area contributed by atoms with Crippen LogP contribution in [0.5, 0.6) is 11.5 Å². The van der Waals surface area contributed by atoms with Gasteiger partial charge in [-0.2, -0.15) is 0 Å². The summed E-state index contributed by atoms with van der Waals surface area (Å²) in [7, 11) is 3.24. The molecule has 186 valence electrons. The molecule has 34 heavy (non-hydrogen) atoms. The Hall–Kier alpha value is -2.60. The first kappa shape index (κ1) is 26.0. The lowest BCUT2D eigenvalue weighted by Gasteiger charge is -2.36. The molecule has 6 heteroatoms. The van der Waals surface area contributed by atoms with Gasteiger partial charge in [0.2, 0.25) is 0 Å². The first-order valence-electron chi connectivity index (χ1n) is 12.4. The summed E-state index contributed by atoms with van der Waals surface area (Å²) in [5.41, 5.74) is 2.01. The zero-order valence-corrected chi connectivity index (χ0v) is 20.7. The van der Waals surface area contributed by atoms with Crippen LogP contribution in [0.4, 0.5) is 4.39 Å². The van der Waals surface area contributed by atoms with Crippen LogP contribution in [0.3, 0.4) is 0 Å². The number of rotatable bonds is 12. The molecular formula is C28H38FNO4. The lowest BCUT2D eigenvalue weighted by molar-refractivity contribution is -0.153. The number of hydrogen-bond donors (Lipinski definition) is 0. The summed E-state index contributed by atoms with van der Waals surface area (Å²) in [4.78, 5) is 15.1. The van der Waals surface area contributed by atoms with Crippen LogP contribution >= 0.6 is 0 Å². The molecule has 0 aliphatic carbocycles. The fraction of sp³-hybridized carbons (Fsp3) is 0.536. The van der Waals surface area contributed by atoms with E-state index < -0.39 is 0 Å². The summed E-state index contributed by atoms with van der Waals surface area (Å²) in [6.45, 7) is 4.92. The normalized spacial score (nSPS) is 15.6. The molecule has 3 rings (SSSR count). The van der Waals surface area contributed by atoms with Crippen LogP contribution in [-0.2, 0) is 16.0 Å². The van der Waals surface area contributed by atoms with Crippen LogP contribution in [0, 0.1) is 11.7 Å². The van der Waals surface area contributed by atoms with Crippen molar-refractivity contribution < 1.29 is 23.4 Å². The van der Waals surface area contributed by atoms with Crippen LogP contribution in [0.2, 0.25) is 0 Å². The second-order valence-electron chi connectivity index (χ2n) is 9.01. The van der Waals surface area contributed by atoms with E-state index in [1.54, 1.807) is 14.2 Å². The van der Waals surface area contributed by atoms with Gasteiger partial charge in [-0.05, 0) is 62.5 Å². The summed E-state index contributed by atoms with van der Waals surface area (Å²) in [6.07, 6.45) is 5.76. The SMILES string of the molecule is CCCCCC(=O)OC(c1cccc(OC)c1OC)C1CCN(CCc2ccc(F)cc2)CC1. The number of carbonyl (C=O) groups excluding carboxylic acids is 1. The highest BCUT2D eigenvalue weighted by Crippen LogP contribution is 2.42. The average Bonchev–Trinajstić information content (AvgIpc) is 2.87. The minimum atomic E-state index is -0.363. The zero-order valence-electron chi connectivity index (χ0n) is 20.7. The first-order valence-corrected chi connectivity index (χ1v) is 12.4. The Kier molecular flexibility index (Phi) is 10.2. The van der Waals surface area contributed by atoms with Crippen LogP contribution < -0.4 is 9.47 Å². The van der Waals surface area contributed by atoms with Gasteiger partial charge in [-0.1, -0.05) is 44.0 Å². The van der Waals surface area contributed by atoms with Gasteiger partial charge in [0.25, 0.3) is 0 Å². The molecule has 1 heterocycles. The zero-order chi connectivity index (χ0) is 24.3. The number of hydrogen-bond acceptors (Lipinski definition) is 5. The van der Waals surface area contributed by atoms with E-state index in [1.807, 2.05) is 30.3 Å². The van der Waals surface area contributed by atoms with Gasteiger partial charge < -0.3 is 19.1 Å². The minimum Gasteiger partial charge on any atom is -0.493 e. The van der Waals surface area contributed by atoms with Gasteiger partial charge in [-0.3, -0.25) is 4.79 Å². The number of unbranched alkanes of at least 4 members (excludes halogenated alkanes) is 2. The molecule has 1 saturated heterocycles. The minimum absolute atomic E-state index is 0.151. The van der Waals surface area contributed by atoms with Crippen molar-refractivity contribution in [1.82, 2.24) is 4.90 Å². The van der Waals surface area contributed by atoms with Crippen molar-refractivity contribution in [1.29, 1.82) is 0 Å². The average molecular weight is 472 g/mol. The lowest BCUT2D eigenvalue weighted by Crippen LogP contribution is -2.37. The maximum atomic E-state index is 13.2. The molecule has 0 bridgehead atoms. The summed E-state index contributed by atoms with van der Waals surface area (Å²) in [6, 6.07) is 12.5. The summed E-state index contributed by atoms with van der Waals surface area (Å²) < 4.78 is 30.5. The summed E-state index contributed by atoms with van der Waals surface area (Å²) in [5, 5.41) is 0. The Labute approximate surface area is 203 Å². The number of ether oxygens (including phenoxy) is 3. The molecule has 1 unspecified atom stereocenters. The molecular weight excluding hydrogens is 433 g/mol. The Morgan fingerprint density at radius 2 is 1.79 bits per heavy atom.